The molecule has 0 bridgehead atoms. The van der Waals surface area contributed by atoms with Crippen molar-refractivity contribution in [2.24, 2.45) is 0 Å². The van der Waals surface area contributed by atoms with E-state index in [1.54, 1.807) is 0 Å². The molecular formula is C22H18F6N2O3. The van der Waals surface area contributed by atoms with Crippen LogP contribution in [0.4, 0.5) is 26.3 Å². The Labute approximate surface area is 185 Å². The molecule has 0 aliphatic carbocycles. The number of nitriles is 1. The van der Waals surface area contributed by atoms with E-state index in [-0.39, 0.29) is 35.9 Å². The van der Waals surface area contributed by atoms with Crippen molar-refractivity contribution >= 4 is 5.91 Å². The van der Waals surface area contributed by atoms with E-state index in [9.17, 15) is 36.4 Å². The number of alkyl halides is 6. The summed E-state index contributed by atoms with van der Waals surface area (Å²) in [5.41, 5.74) is -0.588. The molecule has 5 nitrogen and oxygen atoms in total. The second-order valence-electron chi connectivity index (χ2n) is 7.46. The van der Waals surface area contributed by atoms with Gasteiger partial charge in [-0.3, -0.25) is 4.79 Å². The minimum atomic E-state index is -4.69. The Kier molecular flexibility index (Phi) is 6.49. The molecule has 1 aliphatic heterocycles. The number of hydrogen-bond donors (Lipinski definition) is 0. The molecule has 1 fully saturated rings. The number of amides is 1. The number of carbonyl (C=O) groups is 1. The van der Waals surface area contributed by atoms with Gasteiger partial charge in [0.15, 0.2) is 11.9 Å². The summed E-state index contributed by atoms with van der Waals surface area (Å²) < 4.78 is 87.3. The van der Waals surface area contributed by atoms with Crippen molar-refractivity contribution in [3.05, 3.63) is 58.7 Å². The van der Waals surface area contributed by atoms with Gasteiger partial charge in [-0.1, -0.05) is 12.1 Å². The van der Waals surface area contributed by atoms with Crippen LogP contribution in [-0.2, 0) is 6.18 Å². The molecule has 1 saturated heterocycles. The van der Waals surface area contributed by atoms with Gasteiger partial charge in [-0.25, -0.2) is 0 Å². The summed E-state index contributed by atoms with van der Waals surface area (Å²) in [4.78, 5) is 14.4. The number of ether oxygens (including phenoxy) is 2. The maximum atomic E-state index is 13.1. The standard InChI is InChI=1S/C22H18F6N2O3/c1-12(21(23,24)25)33-17-8-5-14(9-29)19(32-2)18(17)20(31)30-10-15(11-30)13-3-6-16(7-4-13)22(26,27)28/h3-8,12,15H,10-11H2,1-2H3. The van der Waals surface area contributed by atoms with E-state index in [0.29, 0.717) is 5.56 Å². The number of carbonyl (C=O) groups excluding carboxylic acids is 1. The molecule has 1 atom stereocenters. The van der Waals surface area contributed by atoms with Gasteiger partial charge in [0.25, 0.3) is 5.91 Å². The molecule has 2 aromatic carbocycles. The number of halogens is 6. The lowest BCUT2D eigenvalue weighted by Crippen LogP contribution is -2.48. The van der Waals surface area contributed by atoms with E-state index in [1.807, 2.05) is 6.07 Å². The molecule has 1 aliphatic rings. The number of nitrogens with zero attached hydrogens (tertiary/aromatic N) is 2. The zero-order chi connectivity index (χ0) is 24.6. The van der Waals surface area contributed by atoms with Gasteiger partial charge in [0, 0.05) is 19.0 Å². The summed E-state index contributed by atoms with van der Waals surface area (Å²) in [6.07, 6.45) is -11.4. The lowest BCUT2D eigenvalue weighted by Gasteiger charge is -2.40. The molecule has 3 rings (SSSR count). The molecule has 0 N–H and O–H groups in total. The highest BCUT2D eigenvalue weighted by Crippen LogP contribution is 2.38. The van der Waals surface area contributed by atoms with Crippen LogP contribution in [0.3, 0.4) is 0 Å². The highest BCUT2D eigenvalue weighted by atomic mass is 19.4. The van der Waals surface area contributed by atoms with Crippen molar-refractivity contribution in [3.63, 3.8) is 0 Å². The van der Waals surface area contributed by atoms with Gasteiger partial charge < -0.3 is 14.4 Å². The van der Waals surface area contributed by atoms with Crippen molar-refractivity contribution in [1.82, 2.24) is 4.90 Å². The lowest BCUT2D eigenvalue weighted by molar-refractivity contribution is -0.189. The topological polar surface area (TPSA) is 62.6 Å². The Morgan fingerprint density at radius 3 is 2.18 bits per heavy atom. The fraction of sp³-hybridized carbons (Fsp3) is 0.364. The number of likely N-dealkylation sites (tertiary alicyclic amines) is 1. The smallest absolute Gasteiger partial charge is 0.425 e. The van der Waals surface area contributed by atoms with Crippen molar-refractivity contribution in [2.45, 2.75) is 31.3 Å². The van der Waals surface area contributed by atoms with E-state index in [1.165, 1.54) is 30.2 Å². The van der Waals surface area contributed by atoms with Gasteiger partial charge >= 0.3 is 12.4 Å². The van der Waals surface area contributed by atoms with Gasteiger partial charge in [0.05, 0.1) is 18.2 Å². The molecule has 176 valence electrons. The third kappa shape index (κ3) is 4.99. The molecule has 1 unspecified atom stereocenters. The number of methoxy groups -OCH3 is 1. The summed E-state index contributed by atoms with van der Waals surface area (Å²) in [6, 6.07) is 8.65. The van der Waals surface area contributed by atoms with E-state index < -0.39 is 35.7 Å². The first kappa shape index (κ1) is 24.2. The SMILES string of the molecule is COc1c(C#N)ccc(OC(C)C(F)(F)F)c1C(=O)N1CC(c2ccc(C(F)(F)F)cc2)C1. The molecule has 11 heteroatoms. The van der Waals surface area contributed by atoms with E-state index in [2.05, 4.69) is 0 Å². The predicted octanol–water partition coefficient (Wildman–Crippen LogP) is 5.15. The second kappa shape index (κ2) is 8.84. The summed E-state index contributed by atoms with van der Waals surface area (Å²) >= 11 is 0. The Bertz CT molecular complexity index is 1070. The fourth-order valence-electron chi connectivity index (χ4n) is 3.38. The minimum Gasteiger partial charge on any atom is -0.494 e. The zero-order valence-corrected chi connectivity index (χ0v) is 17.4. The van der Waals surface area contributed by atoms with Crippen molar-refractivity contribution in [3.8, 4) is 17.6 Å². The monoisotopic (exact) mass is 472 g/mol. The van der Waals surface area contributed by atoms with Gasteiger partial charge in [0.2, 0.25) is 0 Å². The summed E-state index contributed by atoms with van der Waals surface area (Å²) in [5.74, 6) is -1.57. The van der Waals surface area contributed by atoms with Gasteiger partial charge in [-0.05, 0) is 36.8 Å². The number of rotatable bonds is 5. The summed E-state index contributed by atoms with van der Waals surface area (Å²) in [6.45, 7) is 1.03. The molecule has 2 aromatic rings. The number of hydrogen-bond acceptors (Lipinski definition) is 4. The van der Waals surface area contributed by atoms with Crippen molar-refractivity contribution in [1.29, 1.82) is 5.26 Å². The largest absolute Gasteiger partial charge is 0.494 e. The highest BCUT2D eigenvalue weighted by Gasteiger charge is 2.41. The Morgan fingerprint density at radius 1 is 1.09 bits per heavy atom. The van der Waals surface area contributed by atoms with Crippen LogP contribution >= 0.6 is 0 Å². The minimum absolute atomic E-state index is 0.0623. The summed E-state index contributed by atoms with van der Waals surface area (Å²) in [5, 5.41) is 9.28. The van der Waals surface area contributed by atoms with Crippen LogP contribution in [0.5, 0.6) is 11.5 Å². The molecule has 0 spiro atoms. The summed E-state index contributed by atoms with van der Waals surface area (Å²) in [7, 11) is 1.17. The van der Waals surface area contributed by atoms with Gasteiger partial charge in [0.1, 0.15) is 17.4 Å². The van der Waals surface area contributed by atoms with Crippen LogP contribution in [-0.4, -0.2) is 43.3 Å². The first-order chi connectivity index (χ1) is 15.4. The van der Waals surface area contributed by atoms with Crippen LogP contribution in [0.25, 0.3) is 0 Å². The quantitative estimate of drug-likeness (QED) is 0.565. The predicted molar refractivity (Wildman–Crippen MR) is 104 cm³/mol. The van der Waals surface area contributed by atoms with Crippen LogP contribution < -0.4 is 9.47 Å². The normalized spacial score (nSPS) is 15.4. The van der Waals surface area contributed by atoms with E-state index >= 15 is 0 Å². The van der Waals surface area contributed by atoms with Crippen LogP contribution in [0.15, 0.2) is 36.4 Å². The third-order valence-corrected chi connectivity index (χ3v) is 5.30. The zero-order valence-electron chi connectivity index (χ0n) is 17.4. The first-order valence-corrected chi connectivity index (χ1v) is 9.67. The average Bonchev–Trinajstić information content (AvgIpc) is 2.71. The molecule has 1 heterocycles. The first-order valence-electron chi connectivity index (χ1n) is 9.67. The van der Waals surface area contributed by atoms with Crippen molar-refractivity contribution in [2.75, 3.05) is 20.2 Å². The van der Waals surface area contributed by atoms with Gasteiger partial charge in [-0.2, -0.15) is 31.6 Å². The molecule has 0 aromatic heterocycles. The number of benzene rings is 2. The average molecular weight is 472 g/mol. The van der Waals surface area contributed by atoms with Crippen LogP contribution in [0.1, 0.15) is 39.9 Å². The Hall–Kier alpha value is -3.42. The van der Waals surface area contributed by atoms with Gasteiger partial charge in [-0.15, -0.1) is 0 Å². The second-order valence-corrected chi connectivity index (χ2v) is 7.46. The van der Waals surface area contributed by atoms with E-state index in [4.69, 9.17) is 9.47 Å². The van der Waals surface area contributed by atoms with E-state index in [0.717, 1.165) is 25.1 Å². The highest BCUT2D eigenvalue weighted by molar-refractivity contribution is 6.01. The van der Waals surface area contributed by atoms with Crippen molar-refractivity contribution < 1.29 is 40.6 Å². The maximum Gasteiger partial charge on any atom is 0.425 e. The fourth-order valence-corrected chi connectivity index (χ4v) is 3.38. The Morgan fingerprint density at radius 2 is 1.70 bits per heavy atom. The Balaban J connectivity index is 1.84. The third-order valence-electron chi connectivity index (χ3n) is 5.30. The molecule has 0 saturated carbocycles. The van der Waals surface area contributed by atoms with Crippen LogP contribution in [0, 0.1) is 11.3 Å². The molecule has 1 amide bonds. The molecular weight excluding hydrogens is 454 g/mol. The maximum absolute atomic E-state index is 13.1. The lowest BCUT2D eigenvalue weighted by atomic mass is 9.90. The molecule has 33 heavy (non-hydrogen) atoms. The van der Waals surface area contributed by atoms with Crippen LogP contribution in [0.2, 0.25) is 0 Å². The molecule has 0 radical (unpaired) electrons.